The molecule has 1 aliphatic heterocycles. The summed E-state index contributed by atoms with van der Waals surface area (Å²) in [5.74, 6) is -1.48. The Morgan fingerprint density at radius 1 is 1.29 bits per heavy atom. The third kappa shape index (κ3) is 2.49. The summed E-state index contributed by atoms with van der Waals surface area (Å²) in [5, 5.41) is 0. The number of hydrogen-bond donors (Lipinski definition) is 0. The zero-order valence-corrected chi connectivity index (χ0v) is 9.44. The van der Waals surface area contributed by atoms with Crippen LogP contribution in [0.2, 0.25) is 0 Å². The molecule has 0 unspecified atom stereocenters. The zero-order valence-electron chi connectivity index (χ0n) is 9.44. The molecule has 0 bridgehead atoms. The lowest BCUT2D eigenvalue weighted by molar-refractivity contribution is -0.256. The Bertz CT molecular complexity index is 376. The van der Waals surface area contributed by atoms with Crippen LogP contribution in [-0.2, 0) is 24.1 Å². The van der Waals surface area contributed by atoms with Crippen molar-refractivity contribution in [2.45, 2.75) is 37.7 Å². The predicted octanol–water partition coefficient (Wildman–Crippen LogP) is 1.79. The quantitative estimate of drug-likeness (QED) is 0.417. The normalized spacial score (nSPS) is 20.6. The third-order valence-electron chi connectivity index (χ3n) is 2.97. The van der Waals surface area contributed by atoms with Gasteiger partial charge in [-0.15, -0.1) is 0 Å². The van der Waals surface area contributed by atoms with Gasteiger partial charge in [-0.05, 0) is 25.7 Å². The van der Waals surface area contributed by atoms with E-state index in [4.69, 9.17) is 4.74 Å². The first kappa shape index (κ1) is 11.7. The van der Waals surface area contributed by atoms with Gasteiger partial charge in [0.2, 0.25) is 5.76 Å². The van der Waals surface area contributed by atoms with E-state index >= 15 is 0 Å². The monoisotopic (exact) mass is 238 g/mol. The summed E-state index contributed by atoms with van der Waals surface area (Å²) in [6.07, 6.45) is 7.93. The van der Waals surface area contributed by atoms with Gasteiger partial charge in [0.1, 0.15) is 5.60 Å². The molecule has 2 aliphatic rings. The highest BCUT2D eigenvalue weighted by Gasteiger charge is 2.43. The first-order chi connectivity index (χ1) is 8.15. The molecule has 1 fully saturated rings. The second-order valence-electron chi connectivity index (χ2n) is 4.21. The smallest absolute Gasteiger partial charge is 0.420 e. The van der Waals surface area contributed by atoms with E-state index in [0.29, 0.717) is 0 Å². The van der Waals surface area contributed by atoms with E-state index in [-0.39, 0.29) is 11.4 Å². The van der Waals surface area contributed by atoms with Crippen LogP contribution < -0.4 is 0 Å². The molecule has 1 aliphatic carbocycles. The molecule has 0 aromatic heterocycles. The third-order valence-corrected chi connectivity index (χ3v) is 2.97. The average molecular weight is 238 g/mol. The van der Waals surface area contributed by atoms with Crippen LogP contribution >= 0.6 is 0 Å². The van der Waals surface area contributed by atoms with Crippen LogP contribution in [-0.4, -0.2) is 17.5 Å². The lowest BCUT2D eigenvalue weighted by Gasteiger charge is -2.41. The first-order valence-electron chi connectivity index (χ1n) is 5.62. The maximum absolute atomic E-state index is 11.3. The summed E-state index contributed by atoms with van der Waals surface area (Å²) in [5.41, 5.74) is -0.283. The molecule has 0 saturated heterocycles. The van der Waals surface area contributed by atoms with Crippen molar-refractivity contribution in [3.05, 3.63) is 24.5 Å². The molecular weight excluding hydrogens is 224 g/mol. The predicted molar refractivity (Wildman–Crippen MR) is 57.4 cm³/mol. The Morgan fingerprint density at radius 3 is 2.53 bits per heavy atom. The SMILES string of the molecule is C=CC(=O)OOC(=O)C1=CC2(CCCCC2)O1. The molecule has 5 heteroatoms. The van der Waals surface area contributed by atoms with E-state index in [9.17, 15) is 9.59 Å². The molecule has 0 N–H and O–H groups in total. The minimum atomic E-state index is -0.814. The van der Waals surface area contributed by atoms with Gasteiger partial charge >= 0.3 is 11.9 Å². The van der Waals surface area contributed by atoms with E-state index < -0.39 is 11.9 Å². The molecule has 2 rings (SSSR count). The molecule has 0 radical (unpaired) electrons. The number of hydrogen-bond acceptors (Lipinski definition) is 5. The summed E-state index contributed by atoms with van der Waals surface area (Å²) in [6, 6.07) is 0. The van der Waals surface area contributed by atoms with Crippen molar-refractivity contribution in [2.24, 2.45) is 0 Å². The van der Waals surface area contributed by atoms with E-state index in [1.807, 2.05) is 0 Å². The summed E-state index contributed by atoms with van der Waals surface area (Å²) < 4.78 is 5.46. The topological polar surface area (TPSA) is 61.8 Å². The number of carbonyl (C=O) groups is 2. The van der Waals surface area contributed by atoms with E-state index in [1.165, 1.54) is 6.42 Å². The fraction of sp³-hybridized carbons (Fsp3) is 0.500. The Labute approximate surface area is 99.0 Å². The molecule has 1 heterocycles. The molecule has 5 nitrogen and oxygen atoms in total. The molecule has 0 aromatic carbocycles. The average Bonchev–Trinajstić information content (AvgIpc) is 2.33. The van der Waals surface area contributed by atoms with Crippen LogP contribution in [0.3, 0.4) is 0 Å². The molecule has 0 aromatic rings. The van der Waals surface area contributed by atoms with Crippen molar-refractivity contribution in [3.63, 3.8) is 0 Å². The summed E-state index contributed by atoms with van der Waals surface area (Å²) >= 11 is 0. The van der Waals surface area contributed by atoms with E-state index in [1.54, 1.807) is 6.08 Å². The van der Waals surface area contributed by atoms with Crippen molar-refractivity contribution in [1.82, 2.24) is 0 Å². The van der Waals surface area contributed by atoms with Crippen molar-refractivity contribution in [1.29, 1.82) is 0 Å². The summed E-state index contributed by atoms with van der Waals surface area (Å²) in [6.45, 7) is 3.17. The van der Waals surface area contributed by atoms with Crippen LogP contribution in [0, 0.1) is 0 Å². The Hall–Kier alpha value is -1.78. The maximum atomic E-state index is 11.3. The molecule has 1 saturated carbocycles. The fourth-order valence-corrected chi connectivity index (χ4v) is 2.11. The standard InChI is InChI=1S/C12H14O5/c1-2-10(13)16-17-11(14)9-8-12(15-9)6-4-3-5-7-12/h2,8H,1,3-7H2. The van der Waals surface area contributed by atoms with Gasteiger partial charge in [0.05, 0.1) is 0 Å². The van der Waals surface area contributed by atoms with Gasteiger partial charge in [0.25, 0.3) is 0 Å². The van der Waals surface area contributed by atoms with Crippen molar-refractivity contribution in [3.8, 4) is 0 Å². The van der Waals surface area contributed by atoms with Crippen molar-refractivity contribution >= 4 is 11.9 Å². The van der Waals surface area contributed by atoms with Gasteiger partial charge in [-0.3, -0.25) is 0 Å². The Morgan fingerprint density at radius 2 is 1.94 bits per heavy atom. The zero-order chi connectivity index (χ0) is 12.3. The van der Waals surface area contributed by atoms with Gasteiger partial charge in [-0.2, -0.15) is 0 Å². The van der Waals surface area contributed by atoms with Gasteiger partial charge in [-0.25, -0.2) is 19.4 Å². The highest BCUT2D eigenvalue weighted by atomic mass is 17.2. The minimum Gasteiger partial charge on any atom is -0.476 e. The van der Waals surface area contributed by atoms with Gasteiger partial charge < -0.3 is 4.74 Å². The largest absolute Gasteiger partial charge is 0.476 e. The fourth-order valence-electron chi connectivity index (χ4n) is 2.11. The minimum absolute atomic E-state index is 0.115. The Kier molecular flexibility index (Phi) is 3.17. The van der Waals surface area contributed by atoms with Crippen molar-refractivity contribution in [2.75, 3.05) is 0 Å². The van der Waals surface area contributed by atoms with Gasteiger partial charge in [0, 0.05) is 12.2 Å². The number of carbonyl (C=O) groups excluding carboxylic acids is 2. The molecular formula is C12H14O5. The molecule has 0 amide bonds. The number of rotatable bonds is 2. The molecule has 0 atom stereocenters. The lowest BCUT2D eigenvalue weighted by Crippen LogP contribution is -2.42. The second-order valence-corrected chi connectivity index (χ2v) is 4.21. The lowest BCUT2D eigenvalue weighted by atomic mass is 9.81. The highest BCUT2D eigenvalue weighted by Crippen LogP contribution is 2.41. The first-order valence-corrected chi connectivity index (χ1v) is 5.62. The van der Waals surface area contributed by atoms with Crippen molar-refractivity contribution < 1.29 is 24.1 Å². The van der Waals surface area contributed by atoms with Crippen LogP contribution in [0.1, 0.15) is 32.1 Å². The van der Waals surface area contributed by atoms with Crippen LogP contribution in [0.5, 0.6) is 0 Å². The molecule has 17 heavy (non-hydrogen) atoms. The van der Waals surface area contributed by atoms with E-state index in [0.717, 1.165) is 31.8 Å². The van der Waals surface area contributed by atoms with Crippen LogP contribution in [0.25, 0.3) is 0 Å². The summed E-state index contributed by atoms with van der Waals surface area (Å²) in [4.78, 5) is 30.4. The van der Waals surface area contributed by atoms with Crippen LogP contribution in [0.15, 0.2) is 24.5 Å². The maximum Gasteiger partial charge on any atom is 0.420 e. The molecule has 92 valence electrons. The second kappa shape index (κ2) is 4.61. The Balaban J connectivity index is 1.84. The molecule has 1 spiro atoms. The van der Waals surface area contributed by atoms with Gasteiger partial charge in [-0.1, -0.05) is 13.0 Å². The van der Waals surface area contributed by atoms with Crippen LogP contribution in [0.4, 0.5) is 0 Å². The van der Waals surface area contributed by atoms with Gasteiger partial charge in [0.15, 0.2) is 0 Å². The summed E-state index contributed by atoms with van der Waals surface area (Å²) in [7, 11) is 0. The van der Waals surface area contributed by atoms with E-state index in [2.05, 4.69) is 16.4 Å². The highest BCUT2D eigenvalue weighted by molar-refractivity contribution is 5.89. The number of ether oxygens (including phenoxy) is 1.